The predicted molar refractivity (Wildman–Crippen MR) is 57.3 cm³/mol. The van der Waals surface area contributed by atoms with Gasteiger partial charge in [0.05, 0.1) is 6.61 Å². The molecular formula is C11H18N2O. The van der Waals surface area contributed by atoms with E-state index in [1.54, 1.807) is 6.20 Å². The summed E-state index contributed by atoms with van der Waals surface area (Å²) in [5.41, 5.74) is 5.39. The Balaban J connectivity index is 1.99. The van der Waals surface area contributed by atoms with Crippen molar-refractivity contribution in [3.8, 4) is 5.88 Å². The van der Waals surface area contributed by atoms with Gasteiger partial charge in [-0.2, -0.15) is 0 Å². The van der Waals surface area contributed by atoms with Gasteiger partial charge < -0.3 is 10.5 Å². The van der Waals surface area contributed by atoms with E-state index in [0.29, 0.717) is 5.88 Å². The van der Waals surface area contributed by atoms with Crippen LogP contribution in [0.1, 0.15) is 25.7 Å². The highest BCUT2D eigenvalue weighted by Gasteiger charge is 1.92. The second-order valence-electron chi connectivity index (χ2n) is 3.22. The second-order valence-corrected chi connectivity index (χ2v) is 3.22. The third kappa shape index (κ3) is 4.82. The van der Waals surface area contributed by atoms with Gasteiger partial charge >= 0.3 is 0 Å². The topological polar surface area (TPSA) is 48.1 Å². The lowest BCUT2D eigenvalue weighted by molar-refractivity contribution is 0.293. The van der Waals surface area contributed by atoms with Gasteiger partial charge in [-0.15, -0.1) is 0 Å². The molecule has 0 aliphatic carbocycles. The van der Waals surface area contributed by atoms with Gasteiger partial charge in [0, 0.05) is 12.3 Å². The number of nitrogens with zero attached hydrogens (tertiary/aromatic N) is 1. The molecule has 0 aliphatic heterocycles. The summed E-state index contributed by atoms with van der Waals surface area (Å²) >= 11 is 0. The molecule has 0 aromatic carbocycles. The minimum Gasteiger partial charge on any atom is -0.478 e. The van der Waals surface area contributed by atoms with Crippen LogP contribution in [-0.2, 0) is 0 Å². The summed E-state index contributed by atoms with van der Waals surface area (Å²) in [6.07, 6.45) is 6.32. The first-order valence-electron chi connectivity index (χ1n) is 5.17. The highest BCUT2D eigenvalue weighted by molar-refractivity contribution is 5.08. The average Bonchev–Trinajstić information content (AvgIpc) is 2.25. The zero-order valence-corrected chi connectivity index (χ0v) is 8.48. The molecule has 78 valence electrons. The molecule has 14 heavy (non-hydrogen) atoms. The Bertz CT molecular complexity index is 226. The molecule has 0 radical (unpaired) electrons. The van der Waals surface area contributed by atoms with E-state index in [1.165, 1.54) is 12.8 Å². The molecule has 1 aromatic rings. The maximum Gasteiger partial charge on any atom is 0.213 e. The number of aromatic nitrogens is 1. The molecule has 0 amide bonds. The van der Waals surface area contributed by atoms with Crippen LogP contribution >= 0.6 is 0 Å². The zero-order chi connectivity index (χ0) is 10.1. The van der Waals surface area contributed by atoms with Crippen molar-refractivity contribution in [2.24, 2.45) is 5.73 Å². The lowest BCUT2D eigenvalue weighted by atomic mass is 10.2. The Labute approximate surface area is 85.3 Å². The zero-order valence-electron chi connectivity index (χ0n) is 8.48. The SMILES string of the molecule is NCCCCCCOc1ccccn1. The monoisotopic (exact) mass is 194 g/mol. The van der Waals surface area contributed by atoms with Crippen LogP contribution in [0.2, 0.25) is 0 Å². The van der Waals surface area contributed by atoms with Crippen molar-refractivity contribution in [3.63, 3.8) is 0 Å². The Morgan fingerprint density at radius 2 is 2.00 bits per heavy atom. The molecule has 0 fully saturated rings. The minimum absolute atomic E-state index is 0.714. The fourth-order valence-corrected chi connectivity index (χ4v) is 1.21. The molecule has 0 unspecified atom stereocenters. The number of hydrogen-bond donors (Lipinski definition) is 1. The van der Waals surface area contributed by atoms with E-state index in [2.05, 4.69) is 4.98 Å². The molecule has 0 bridgehead atoms. The van der Waals surface area contributed by atoms with Crippen LogP contribution in [0, 0.1) is 0 Å². The van der Waals surface area contributed by atoms with E-state index in [9.17, 15) is 0 Å². The van der Waals surface area contributed by atoms with Crippen LogP contribution in [0.25, 0.3) is 0 Å². The van der Waals surface area contributed by atoms with Crippen molar-refractivity contribution in [2.75, 3.05) is 13.2 Å². The molecule has 0 atom stereocenters. The molecule has 3 nitrogen and oxygen atoms in total. The molecule has 0 spiro atoms. The summed E-state index contributed by atoms with van der Waals surface area (Å²) in [5, 5.41) is 0. The van der Waals surface area contributed by atoms with Gasteiger partial charge in [-0.3, -0.25) is 0 Å². The maximum atomic E-state index is 5.44. The van der Waals surface area contributed by atoms with Crippen molar-refractivity contribution >= 4 is 0 Å². The molecular weight excluding hydrogens is 176 g/mol. The number of ether oxygens (including phenoxy) is 1. The molecule has 1 heterocycles. The summed E-state index contributed by atoms with van der Waals surface area (Å²) in [5.74, 6) is 0.714. The van der Waals surface area contributed by atoms with Crippen molar-refractivity contribution in [1.82, 2.24) is 4.98 Å². The Morgan fingerprint density at radius 1 is 1.14 bits per heavy atom. The molecule has 2 N–H and O–H groups in total. The van der Waals surface area contributed by atoms with Crippen LogP contribution in [-0.4, -0.2) is 18.1 Å². The quantitative estimate of drug-likeness (QED) is 0.675. The van der Waals surface area contributed by atoms with Gasteiger partial charge in [0.25, 0.3) is 0 Å². The molecule has 3 heteroatoms. The number of rotatable bonds is 7. The van der Waals surface area contributed by atoms with E-state index >= 15 is 0 Å². The van der Waals surface area contributed by atoms with Crippen LogP contribution in [0.4, 0.5) is 0 Å². The summed E-state index contributed by atoms with van der Waals surface area (Å²) in [6, 6.07) is 5.69. The molecule has 0 saturated carbocycles. The highest BCUT2D eigenvalue weighted by Crippen LogP contribution is 2.05. The standard InChI is InChI=1S/C11H18N2O/c12-8-4-1-2-6-10-14-11-7-3-5-9-13-11/h3,5,7,9H,1-2,4,6,8,10,12H2. The highest BCUT2D eigenvalue weighted by atomic mass is 16.5. The average molecular weight is 194 g/mol. The number of unbranched alkanes of at least 4 members (excludes halogenated alkanes) is 3. The lowest BCUT2D eigenvalue weighted by Crippen LogP contribution is -2.00. The largest absolute Gasteiger partial charge is 0.478 e. The first-order chi connectivity index (χ1) is 6.93. The first-order valence-corrected chi connectivity index (χ1v) is 5.17. The van der Waals surface area contributed by atoms with Gasteiger partial charge in [0.1, 0.15) is 0 Å². The molecule has 1 aromatic heterocycles. The maximum absolute atomic E-state index is 5.44. The van der Waals surface area contributed by atoms with E-state index in [0.717, 1.165) is 26.0 Å². The van der Waals surface area contributed by atoms with Crippen LogP contribution in [0.15, 0.2) is 24.4 Å². The Morgan fingerprint density at radius 3 is 2.71 bits per heavy atom. The minimum atomic E-state index is 0.714. The fourth-order valence-electron chi connectivity index (χ4n) is 1.21. The van der Waals surface area contributed by atoms with Crippen molar-refractivity contribution in [3.05, 3.63) is 24.4 Å². The molecule has 1 rings (SSSR count). The third-order valence-corrected chi connectivity index (χ3v) is 1.99. The van der Waals surface area contributed by atoms with Crippen LogP contribution in [0.5, 0.6) is 5.88 Å². The van der Waals surface area contributed by atoms with Crippen LogP contribution in [0.3, 0.4) is 0 Å². The number of pyridine rings is 1. The normalized spacial score (nSPS) is 10.1. The summed E-state index contributed by atoms with van der Waals surface area (Å²) in [4.78, 5) is 4.07. The van der Waals surface area contributed by atoms with Gasteiger partial charge in [-0.05, 0) is 25.5 Å². The second kappa shape index (κ2) is 7.33. The van der Waals surface area contributed by atoms with E-state index in [-0.39, 0.29) is 0 Å². The van der Waals surface area contributed by atoms with Gasteiger partial charge in [-0.25, -0.2) is 4.98 Å². The predicted octanol–water partition coefficient (Wildman–Crippen LogP) is 1.98. The van der Waals surface area contributed by atoms with Gasteiger partial charge in [-0.1, -0.05) is 18.9 Å². The number of nitrogens with two attached hydrogens (primary N) is 1. The van der Waals surface area contributed by atoms with Crippen molar-refractivity contribution in [1.29, 1.82) is 0 Å². The first kappa shape index (κ1) is 11.0. The molecule has 0 aliphatic rings. The van der Waals surface area contributed by atoms with E-state index in [4.69, 9.17) is 10.5 Å². The van der Waals surface area contributed by atoms with E-state index in [1.807, 2.05) is 18.2 Å². The van der Waals surface area contributed by atoms with E-state index < -0.39 is 0 Å². The smallest absolute Gasteiger partial charge is 0.213 e. The summed E-state index contributed by atoms with van der Waals surface area (Å²) in [6.45, 7) is 1.54. The summed E-state index contributed by atoms with van der Waals surface area (Å²) < 4.78 is 5.44. The van der Waals surface area contributed by atoms with Gasteiger partial charge in [0.2, 0.25) is 5.88 Å². The summed E-state index contributed by atoms with van der Waals surface area (Å²) in [7, 11) is 0. The fraction of sp³-hybridized carbons (Fsp3) is 0.545. The Hall–Kier alpha value is -1.09. The lowest BCUT2D eigenvalue weighted by Gasteiger charge is -2.03. The third-order valence-electron chi connectivity index (χ3n) is 1.99. The molecule has 0 saturated heterocycles. The Kier molecular flexibility index (Phi) is 5.75. The number of hydrogen-bond acceptors (Lipinski definition) is 3. The van der Waals surface area contributed by atoms with Crippen LogP contribution < -0.4 is 10.5 Å². The van der Waals surface area contributed by atoms with Gasteiger partial charge in [0.15, 0.2) is 0 Å². The van der Waals surface area contributed by atoms with Crippen molar-refractivity contribution < 1.29 is 4.74 Å². The van der Waals surface area contributed by atoms with Crippen molar-refractivity contribution in [2.45, 2.75) is 25.7 Å².